The standard InChI is InChI=1S/C26H24ClN3O4S/c1-33-21-11-7-19(8-12-21)28-24(31)15-23-25(32)30(20-9-13-22(34-2)14-10-20)26(35)29(23)16-17-3-5-18(27)6-4-17/h3-14,23H,15-16H2,1-2H3,(H,28,31). The van der Waals surface area contributed by atoms with Crippen molar-refractivity contribution in [1.82, 2.24) is 4.90 Å². The highest BCUT2D eigenvalue weighted by Gasteiger charge is 2.44. The Morgan fingerprint density at radius 1 is 0.943 bits per heavy atom. The molecule has 4 rings (SSSR count). The van der Waals surface area contributed by atoms with Crippen molar-refractivity contribution in [3.05, 3.63) is 83.4 Å². The molecule has 3 aromatic rings. The first-order chi connectivity index (χ1) is 16.9. The van der Waals surface area contributed by atoms with Gasteiger partial charge in [-0.25, -0.2) is 0 Å². The van der Waals surface area contributed by atoms with E-state index in [1.807, 2.05) is 12.1 Å². The normalized spacial score (nSPS) is 15.3. The van der Waals surface area contributed by atoms with Gasteiger partial charge in [0.05, 0.1) is 26.3 Å². The van der Waals surface area contributed by atoms with Crippen molar-refractivity contribution in [3.63, 3.8) is 0 Å². The van der Waals surface area contributed by atoms with Gasteiger partial charge in [0.25, 0.3) is 5.91 Å². The van der Waals surface area contributed by atoms with E-state index in [1.165, 1.54) is 4.90 Å². The lowest BCUT2D eigenvalue weighted by Gasteiger charge is -2.24. The summed E-state index contributed by atoms with van der Waals surface area (Å²) in [5, 5.41) is 3.79. The summed E-state index contributed by atoms with van der Waals surface area (Å²) in [5.41, 5.74) is 2.14. The van der Waals surface area contributed by atoms with Gasteiger partial charge in [-0.15, -0.1) is 0 Å². The quantitative estimate of drug-likeness (QED) is 0.436. The number of carbonyl (C=O) groups excluding carboxylic acids is 2. The van der Waals surface area contributed by atoms with Gasteiger partial charge in [0, 0.05) is 17.3 Å². The molecule has 0 aromatic heterocycles. The van der Waals surface area contributed by atoms with Crippen molar-refractivity contribution in [2.24, 2.45) is 0 Å². The van der Waals surface area contributed by atoms with Crippen LogP contribution in [0.2, 0.25) is 5.02 Å². The second-order valence-corrected chi connectivity index (χ2v) is 8.71. The first-order valence-corrected chi connectivity index (χ1v) is 11.6. The third kappa shape index (κ3) is 5.55. The van der Waals surface area contributed by atoms with Crippen LogP contribution in [0.3, 0.4) is 0 Å². The maximum Gasteiger partial charge on any atom is 0.256 e. The number of nitrogens with zero attached hydrogens (tertiary/aromatic N) is 2. The number of anilines is 2. The van der Waals surface area contributed by atoms with Crippen LogP contribution in [0.4, 0.5) is 11.4 Å². The second kappa shape index (κ2) is 10.8. The summed E-state index contributed by atoms with van der Waals surface area (Å²) in [4.78, 5) is 29.7. The highest BCUT2D eigenvalue weighted by atomic mass is 35.5. The number of benzene rings is 3. The minimum Gasteiger partial charge on any atom is -0.497 e. The van der Waals surface area contributed by atoms with Gasteiger partial charge in [-0.05, 0) is 78.4 Å². The number of ether oxygens (including phenoxy) is 2. The largest absolute Gasteiger partial charge is 0.497 e. The molecule has 1 fully saturated rings. The van der Waals surface area contributed by atoms with E-state index in [0.29, 0.717) is 39.6 Å². The second-order valence-electron chi connectivity index (χ2n) is 7.91. The van der Waals surface area contributed by atoms with Gasteiger partial charge in [-0.2, -0.15) is 0 Å². The number of thiocarbonyl (C=S) groups is 1. The first-order valence-electron chi connectivity index (χ1n) is 10.9. The van der Waals surface area contributed by atoms with Gasteiger partial charge in [-0.1, -0.05) is 23.7 Å². The predicted octanol–water partition coefficient (Wildman–Crippen LogP) is 4.89. The highest BCUT2D eigenvalue weighted by molar-refractivity contribution is 7.80. The summed E-state index contributed by atoms with van der Waals surface area (Å²) < 4.78 is 10.4. The Morgan fingerprint density at radius 2 is 1.51 bits per heavy atom. The zero-order valence-corrected chi connectivity index (χ0v) is 20.8. The molecule has 0 saturated carbocycles. The molecule has 0 spiro atoms. The molecule has 9 heteroatoms. The zero-order valence-electron chi connectivity index (χ0n) is 19.2. The monoisotopic (exact) mass is 509 g/mol. The minimum atomic E-state index is -0.765. The molecule has 1 saturated heterocycles. The molecule has 7 nitrogen and oxygen atoms in total. The highest BCUT2D eigenvalue weighted by Crippen LogP contribution is 2.30. The van der Waals surface area contributed by atoms with E-state index in [9.17, 15) is 9.59 Å². The summed E-state index contributed by atoms with van der Waals surface area (Å²) >= 11 is 11.8. The number of amides is 2. The van der Waals surface area contributed by atoms with Crippen molar-refractivity contribution in [3.8, 4) is 11.5 Å². The van der Waals surface area contributed by atoms with Crippen LogP contribution in [0.5, 0.6) is 11.5 Å². The van der Waals surface area contributed by atoms with E-state index in [0.717, 1.165) is 5.56 Å². The molecule has 0 radical (unpaired) electrons. The molecule has 180 valence electrons. The number of carbonyl (C=O) groups is 2. The molecule has 1 heterocycles. The van der Waals surface area contributed by atoms with Crippen LogP contribution in [-0.2, 0) is 16.1 Å². The third-order valence-electron chi connectivity index (χ3n) is 5.67. The molecular weight excluding hydrogens is 486 g/mol. The van der Waals surface area contributed by atoms with E-state index in [2.05, 4.69) is 5.32 Å². The maximum atomic E-state index is 13.5. The maximum absolute atomic E-state index is 13.5. The molecule has 1 unspecified atom stereocenters. The number of hydrogen-bond acceptors (Lipinski definition) is 5. The van der Waals surface area contributed by atoms with Gasteiger partial charge < -0.3 is 19.7 Å². The molecule has 35 heavy (non-hydrogen) atoms. The van der Waals surface area contributed by atoms with Crippen molar-refractivity contribution in [2.75, 3.05) is 24.4 Å². The molecule has 1 N–H and O–H groups in total. The summed E-state index contributed by atoms with van der Waals surface area (Å²) in [7, 11) is 3.15. The average Bonchev–Trinajstić information content (AvgIpc) is 3.09. The fourth-order valence-corrected chi connectivity index (χ4v) is 4.34. The van der Waals surface area contributed by atoms with E-state index >= 15 is 0 Å². The van der Waals surface area contributed by atoms with Gasteiger partial charge in [0.1, 0.15) is 17.5 Å². The van der Waals surface area contributed by atoms with Crippen LogP contribution >= 0.6 is 23.8 Å². The van der Waals surface area contributed by atoms with Crippen molar-refractivity contribution < 1.29 is 19.1 Å². The van der Waals surface area contributed by atoms with Gasteiger partial charge in [-0.3, -0.25) is 14.5 Å². The number of hydrogen-bond donors (Lipinski definition) is 1. The molecule has 0 aliphatic carbocycles. The topological polar surface area (TPSA) is 71.1 Å². The number of methoxy groups -OCH3 is 2. The smallest absolute Gasteiger partial charge is 0.256 e. The Balaban J connectivity index is 1.58. The van der Waals surface area contributed by atoms with Crippen LogP contribution < -0.4 is 19.7 Å². The number of rotatable bonds is 8. The summed E-state index contributed by atoms with van der Waals surface area (Å²) in [6, 6.07) is 20.6. The van der Waals surface area contributed by atoms with Gasteiger partial charge in [0.15, 0.2) is 5.11 Å². The lowest BCUT2D eigenvalue weighted by Crippen LogP contribution is -2.37. The van der Waals surface area contributed by atoms with Crippen molar-refractivity contribution in [2.45, 2.75) is 19.0 Å². The molecule has 1 aliphatic heterocycles. The fourth-order valence-electron chi connectivity index (χ4n) is 3.83. The van der Waals surface area contributed by atoms with E-state index < -0.39 is 6.04 Å². The van der Waals surface area contributed by atoms with Crippen molar-refractivity contribution in [1.29, 1.82) is 0 Å². The number of halogens is 1. The van der Waals surface area contributed by atoms with E-state index in [-0.39, 0.29) is 18.2 Å². The van der Waals surface area contributed by atoms with E-state index in [1.54, 1.807) is 79.8 Å². The molecule has 0 bridgehead atoms. The molecule has 3 aromatic carbocycles. The summed E-state index contributed by atoms with van der Waals surface area (Å²) in [5.74, 6) is 0.788. The third-order valence-corrected chi connectivity index (χ3v) is 6.34. The van der Waals surface area contributed by atoms with Crippen LogP contribution in [-0.4, -0.2) is 42.1 Å². The lowest BCUT2D eigenvalue weighted by molar-refractivity contribution is -0.124. The van der Waals surface area contributed by atoms with Crippen LogP contribution in [0.25, 0.3) is 0 Å². The molecule has 1 aliphatic rings. The van der Waals surface area contributed by atoms with Crippen LogP contribution in [0.15, 0.2) is 72.8 Å². The Kier molecular flexibility index (Phi) is 7.53. The Labute approximate surface area is 214 Å². The average molecular weight is 510 g/mol. The molecule has 2 amide bonds. The fraction of sp³-hybridized carbons (Fsp3) is 0.192. The summed E-state index contributed by atoms with van der Waals surface area (Å²) in [6.45, 7) is 0.356. The Morgan fingerprint density at radius 3 is 2.09 bits per heavy atom. The Hall–Kier alpha value is -3.62. The zero-order chi connectivity index (χ0) is 24.9. The lowest BCUT2D eigenvalue weighted by atomic mass is 10.1. The van der Waals surface area contributed by atoms with E-state index in [4.69, 9.17) is 33.3 Å². The van der Waals surface area contributed by atoms with Crippen LogP contribution in [0.1, 0.15) is 12.0 Å². The SMILES string of the molecule is COc1ccc(NC(=O)CC2C(=O)N(c3ccc(OC)cc3)C(=S)N2Cc2ccc(Cl)cc2)cc1. The number of nitrogens with one attached hydrogen (secondary N) is 1. The van der Waals surface area contributed by atoms with Gasteiger partial charge >= 0.3 is 0 Å². The predicted molar refractivity (Wildman–Crippen MR) is 140 cm³/mol. The van der Waals surface area contributed by atoms with Crippen molar-refractivity contribution >= 4 is 52.1 Å². The van der Waals surface area contributed by atoms with Crippen LogP contribution in [0, 0.1) is 0 Å². The molecular formula is C26H24ClN3O4S. The van der Waals surface area contributed by atoms with Gasteiger partial charge in [0.2, 0.25) is 5.91 Å². The first kappa shape index (κ1) is 24.5. The summed E-state index contributed by atoms with van der Waals surface area (Å²) in [6.07, 6.45) is -0.0642. The minimum absolute atomic E-state index is 0.0642. The Bertz CT molecular complexity index is 1220. The molecule has 1 atom stereocenters.